The predicted octanol–water partition coefficient (Wildman–Crippen LogP) is 4.67. The van der Waals surface area contributed by atoms with Crippen molar-refractivity contribution in [1.29, 1.82) is 0 Å². The predicted molar refractivity (Wildman–Crippen MR) is 118 cm³/mol. The molecule has 0 aliphatic carbocycles. The minimum Gasteiger partial charge on any atom is -0.347 e. The summed E-state index contributed by atoms with van der Waals surface area (Å²) in [5.41, 5.74) is 2.36. The van der Waals surface area contributed by atoms with Crippen molar-refractivity contribution in [3.05, 3.63) is 97.7 Å². The number of nitrogens with zero attached hydrogens (tertiary/aromatic N) is 2. The highest BCUT2D eigenvalue weighted by molar-refractivity contribution is 7.23. The molecule has 3 heterocycles. The molecular weight excluding hydrogens is 426 g/mol. The molecule has 4 aromatic rings. The van der Waals surface area contributed by atoms with Crippen molar-refractivity contribution in [3.63, 3.8) is 0 Å². The van der Waals surface area contributed by atoms with Gasteiger partial charge in [-0.05, 0) is 29.3 Å². The van der Waals surface area contributed by atoms with Crippen LogP contribution in [-0.2, 0) is 13.1 Å². The van der Waals surface area contributed by atoms with E-state index in [1.54, 1.807) is 28.3 Å². The molecule has 146 valence electrons. The van der Waals surface area contributed by atoms with Crippen LogP contribution < -0.4 is 10.9 Å². The Morgan fingerprint density at radius 1 is 1.07 bits per heavy atom. The number of carbonyl (C=O) groups is 1. The van der Waals surface area contributed by atoms with Gasteiger partial charge >= 0.3 is 0 Å². The molecule has 0 aliphatic heterocycles. The van der Waals surface area contributed by atoms with E-state index in [4.69, 9.17) is 11.6 Å². The number of halogens is 1. The Morgan fingerprint density at radius 2 is 1.86 bits per heavy atom. The summed E-state index contributed by atoms with van der Waals surface area (Å²) in [5, 5.41) is 5.42. The number of pyridine rings is 1. The Kier molecular flexibility index (Phi) is 5.89. The van der Waals surface area contributed by atoms with E-state index >= 15 is 0 Å². The van der Waals surface area contributed by atoms with Gasteiger partial charge in [-0.25, -0.2) is 4.98 Å². The number of benzene rings is 1. The van der Waals surface area contributed by atoms with Gasteiger partial charge in [0.15, 0.2) is 0 Å². The molecule has 0 atom stereocenters. The van der Waals surface area contributed by atoms with Crippen LogP contribution in [0.3, 0.4) is 0 Å². The molecule has 0 bridgehead atoms. The van der Waals surface area contributed by atoms with Crippen LogP contribution in [0.25, 0.3) is 9.88 Å². The van der Waals surface area contributed by atoms with Crippen LogP contribution in [0.2, 0.25) is 4.34 Å². The van der Waals surface area contributed by atoms with E-state index in [0.717, 1.165) is 21.0 Å². The quantitative estimate of drug-likeness (QED) is 0.473. The third kappa shape index (κ3) is 4.82. The van der Waals surface area contributed by atoms with Crippen molar-refractivity contribution in [2.24, 2.45) is 0 Å². The first-order valence-electron chi connectivity index (χ1n) is 8.81. The number of thiophene rings is 1. The first kappa shape index (κ1) is 19.6. The fourth-order valence-corrected chi connectivity index (χ4v) is 4.66. The fourth-order valence-electron chi connectivity index (χ4n) is 2.74. The van der Waals surface area contributed by atoms with Gasteiger partial charge in [0.1, 0.15) is 10.7 Å². The zero-order valence-corrected chi connectivity index (χ0v) is 17.6. The van der Waals surface area contributed by atoms with Gasteiger partial charge in [-0.15, -0.1) is 22.7 Å². The fraction of sp³-hybridized carbons (Fsp3) is 0.0952. The second-order valence-electron chi connectivity index (χ2n) is 6.31. The first-order valence-corrected chi connectivity index (χ1v) is 10.9. The van der Waals surface area contributed by atoms with Crippen molar-refractivity contribution in [2.45, 2.75) is 13.1 Å². The maximum Gasteiger partial charge on any atom is 0.271 e. The molecular formula is C21H16ClN3O2S2. The summed E-state index contributed by atoms with van der Waals surface area (Å²) in [6, 6.07) is 16.6. The van der Waals surface area contributed by atoms with E-state index < -0.39 is 0 Å². The van der Waals surface area contributed by atoms with Crippen molar-refractivity contribution in [3.8, 4) is 9.88 Å². The summed E-state index contributed by atoms with van der Waals surface area (Å²) in [5.74, 6) is -0.213. The molecule has 1 N–H and O–H groups in total. The highest BCUT2D eigenvalue weighted by Crippen LogP contribution is 2.32. The number of aromatic nitrogens is 2. The molecule has 0 unspecified atom stereocenters. The summed E-state index contributed by atoms with van der Waals surface area (Å²) >= 11 is 8.82. The van der Waals surface area contributed by atoms with E-state index in [0.29, 0.717) is 23.1 Å². The molecule has 1 amide bonds. The summed E-state index contributed by atoms with van der Waals surface area (Å²) < 4.78 is 2.35. The summed E-state index contributed by atoms with van der Waals surface area (Å²) in [7, 11) is 0. The Balaban J connectivity index is 1.35. The lowest BCUT2D eigenvalue weighted by Crippen LogP contribution is -2.23. The van der Waals surface area contributed by atoms with Crippen molar-refractivity contribution in [1.82, 2.24) is 14.9 Å². The van der Waals surface area contributed by atoms with Gasteiger partial charge in [0.25, 0.3) is 11.5 Å². The van der Waals surface area contributed by atoms with Gasteiger partial charge in [-0.2, -0.15) is 0 Å². The maximum absolute atomic E-state index is 12.4. The van der Waals surface area contributed by atoms with Gasteiger partial charge in [-0.1, -0.05) is 41.9 Å². The highest BCUT2D eigenvalue weighted by atomic mass is 35.5. The second-order valence-corrected chi connectivity index (χ2v) is 8.88. The van der Waals surface area contributed by atoms with Gasteiger partial charge in [-0.3, -0.25) is 9.59 Å². The molecule has 0 spiro atoms. The number of hydrogen-bond acceptors (Lipinski definition) is 5. The average molecular weight is 442 g/mol. The van der Waals surface area contributed by atoms with E-state index in [2.05, 4.69) is 10.3 Å². The maximum atomic E-state index is 12.4. The van der Waals surface area contributed by atoms with Crippen molar-refractivity contribution >= 4 is 40.2 Å². The summed E-state index contributed by atoms with van der Waals surface area (Å²) in [6.45, 7) is 0.919. The van der Waals surface area contributed by atoms with E-state index in [9.17, 15) is 9.59 Å². The van der Waals surface area contributed by atoms with Crippen molar-refractivity contribution < 1.29 is 4.79 Å². The molecule has 5 nitrogen and oxygen atoms in total. The van der Waals surface area contributed by atoms with Crippen LogP contribution in [0.15, 0.2) is 71.0 Å². The normalized spacial score (nSPS) is 10.8. The van der Waals surface area contributed by atoms with Crippen LogP contribution in [0.1, 0.15) is 21.6 Å². The molecule has 29 heavy (non-hydrogen) atoms. The topological polar surface area (TPSA) is 64.0 Å². The number of thiazole rings is 1. The zero-order chi connectivity index (χ0) is 20.2. The molecule has 0 radical (unpaired) electrons. The van der Waals surface area contributed by atoms with E-state index in [1.807, 2.05) is 42.5 Å². The smallest absolute Gasteiger partial charge is 0.271 e. The van der Waals surface area contributed by atoms with Crippen LogP contribution in [-0.4, -0.2) is 15.5 Å². The number of nitrogens with one attached hydrogen (secondary N) is 1. The molecule has 8 heteroatoms. The second kappa shape index (κ2) is 8.73. The Bertz CT molecular complexity index is 1190. The lowest BCUT2D eigenvalue weighted by atomic mass is 10.1. The minimum atomic E-state index is -0.213. The molecule has 0 saturated carbocycles. The standard InChI is InChI=1S/C21H16ClN3O2S2/c22-18-9-8-17(29-18)21-24-16(13-28-21)20(27)23-11-14-4-6-15(7-5-14)12-25-10-2-1-3-19(25)26/h1-10,13H,11-12H2,(H,23,27). The van der Waals surface area contributed by atoms with Crippen LogP contribution in [0.5, 0.6) is 0 Å². The van der Waals surface area contributed by atoms with E-state index in [-0.39, 0.29) is 11.5 Å². The monoisotopic (exact) mass is 441 g/mol. The lowest BCUT2D eigenvalue weighted by Gasteiger charge is -2.07. The average Bonchev–Trinajstić information content (AvgIpc) is 3.38. The third-order valence-electron chi connectivity index (χ3n) is 4.25. The van der Waals surface area contributed by atoms with Crippen LogP contribution in [0.4, 0.5) is 0 Å². The van der Waals surface area contributed by atoms with Gasteiger partial charge in [0.05, 0.1) is 15.8 Å². The minimum absolute atomic E-state index is 0.0312. The molecule has 3 aromatic heterocycles. The number of amides is 1. The number of hydrogen-bond donors (Lipinski definition) is 1. The number of carbonyl (C=O) groups excluding carboxylic acids is 1. The summed E-state index contributed by atoms with van der Waals surface area (Å²) in [6.07, 6.45) is 1.77. The van der Waals surface area contributed by atoms with Gasteiger partial charge < -0.3 is 9.88 Å². The highest BCUT2D eigenvalue weighted by Gasteiger charge is 2.13. The first-order chi connectivity index (χ1) is 14.1. The molecule has 0 fully saturated rings. The summed E-state index contributed by atoms with van der Waals surface area (Å²) in [4.78, 5) is 29.5. The van der Waals surface area contributed by atoms with Crippen molar-refractivity contribution in [2.75, 3.05) is 0 Å². The molecule has 0 saturated heterocycles. The zero-order valence-electron chi connectivity index (χ0n) is 15.2. The molecule has 0 aliphatic rings. The Morgan fingerprint density at radius 3 is 2.59 bits per heavy atom. The Labute approximate surface area is 180 Å². The van der Waals surface area contributed by atoms with Gasteiger partial charge in [0, 0.05) is 24.2 Å². The Hall–Kier alpha value is -2.74. The largest absolute Gasteiger partial charge is 0.347 e. The SMILES string of the molecule is O=C(NCc1ccc(Cn2ccccc2=O)cc1)c1csc(-c2ccc(Cl)s2)n1. The molecule has 4 rings (SSSR count). The lowest BCUT2D eigenvalue weighted by molar-refractivity contribution is 0.0946. The molecule has 1 aromatic carbocycles. The van der Waals surface area contributed by atoms with Crippen LogP contribution in [0, 0.1) is 0 Å². The van der Waals surface area contributed by atoms with Gasteiger partial charge in [0.2, 0.25) is 0 Å². The van der Waals surface area contributed by atoms with E-state index in [1.165, 1.54) is 22.7 Å². The van der Waals surface area contributed by atoms with Crippen LogP contribution >= 0.6 is 34.3 Å². The third-order valence-corrected chi connectivity index (χ3v) is 6.49. The number of rotatable bonds is 6.